The monoisotopic (exact) mass is 336 g/mol. The maximum atomic E-state index is 12.2. The highest BCUT2D eigenvalue weighted by Gasteiger charge is 2.37. The van der Waals surface area contributed by atoms with E-state index in [2.05, 4.69) is 9.97 Å². The Labute approximate surface area is 141 Å². The summed E-state index contributed by atoms with van der Waals surface area (Å²) in [5.41, 5.74) is 0.927. The van der Waals surface area contributed by atoms with Crippen molar-refractivity contribution in [1.82, 2.24) is 14.9 Å². The van der Waals surface area contributed by atoms with Gasteiger partial charge in [-0.1, -0.05) is 0 Å². The van der Waals surface area contributed by atoms with Crippen LogP contribution in [-0.4, -0.2) is 63.3 Å². The van der Waals surface area contributed by atoms with Gasteiger partial charge in [-0.15, -0.1) is 0 Å². The third-order valence-electron chi connectivity index (χ3n) is 3.54. The van der Waals surface area contributed by atoms with E-state index in [9.17, 15) is 14.7 Å². The number of carboxylic acids is 1. The van der Waals surface area contributed by atoms with Gasteiger partial charge in [-0.05, 0) is 40.7 Å². The lowest BCUT2D eigenvalue weighted by Gasteiger charge is -2.39. The van der Waals surface area contributed by atoms with Crippen molar-refractivity contribution < 1.29 is 19.4 Å². The van der Waals surface area contributed by atoms with Gasteiger partial charge in [0.15, 0.2) is 0 Å². The first-order valence-electron chi connectivity index (χ1n) is 7.86. The van der Waals surface area contributed by atoms with Crippen LogP contribution in [0.3, 0.4) is 0 Å². The predicted octanol–water partition coefficient (Wildman–Crippen LogP) is 1.60. The number of aryl methyl sites for hydroxylation is 2. The lowest BCUT2D eigenvalue weighted by atomic mass is 10.1. The summed E-state index contributed by atoms with van der Waals surface area (Å²) in [5.74, 6) is -0.644. The number of hydrogen-bond donors (Lipinski definition) is 1. The molecule has 0 bridgehead atoms. The molecule has 132 valence electrons. The zero-order valence-corrected chi connectivity index (χ0v) is 14.7. The van der Waals surface area contributed by atoms with Crippen molar-refractivity contribution in [3.8, 4) is 0 Å². The summed E-state index contributed by atoms with van der Waals surface area (Å²) in [5, 5.41) is 9.56. The molecule has 1 aromatic heterocycles. The molecule has 0 spiro atoms. The topological polar surface area (TPSA) is 95.9 Å². The number of rotatable bonds is 2. The predicted molar refractivity (Wildman–Crippen MR) is 88.1 cm³/mol. The number of amides is 1. The molecule has 1 unspecified atom stereocenters. The van der Waals surface area contributed by atoms with Crippen molar-refractivity contribution in [1.29, 1.82) is 0 Å². The first kappa shape index (κ1) is 18.0. The maximum Gasteiger partial charge on any atom is 0.410 e. The number of hydrogen-bond acceptors (Lipinski definition) is 6. The van der Waals surface area contributed by atoms with Gasteiger partial charge in [-0.2, -0.15) is 0 Å². The fraction of sp³-hybridized carbons (Fsp3) is 0.625. The van der Waals surface area contributed by atoms with Crippen LogP contribution in [0.4, 0.5) is 10.7 Å². The Morgan fingerprint density at radius 2 is 1.79 bits per heavy atom. The van der Waals surface area contributed by atoms with Crippen LogP contribution in [0.15, 0.2) is 6.07 Å². The summed E-state index contributed by atoms with van der Waals surface area (Å²) in [7, 11) is 0. The van der Waals surface area contributed by atoms with Crippen LogP contribution in [0, 0.1) is 13.8 Å². The molecule has 8 heteroatoms. The van der Waals surface area contributed by atoms with Crippen LogP contribution in [0.1, 0.15) is 32.2 Å². The lowest BCUT2D eigenvalue weighted by Crippen LogP contribution is -2.59. The van der Waals surface area contributed by atoms with Crippen molar-refractivity contribution in [2.24, 2.45) is 0 Å². The highest BCUT2D eigenvalue weighted by molar-refractivity contribution is 5.79. The molecule has 1 atom stereocenters. The molecular formula is C16H24N4O4. The van der Waals surface area contributed by atoms with E-state index in [-0.39, 0.29) is 6.54 Å². The molecule has 1 fully saturated rings. The second kappa shape index (κ2) is 6.62. The summed E-state index contributed by atoms with van der Waals surface area (Å²) in [6, 6.07) is 0.920. The number of carbonyl (C=O) groups is 2. The quantitative estimate of drug-likeness (QED) is 0.876. The molecule has 1 N–H and O–H groups in total. The van der Waals surface area contributed by atoms with Crippen molar-refractivity contribution in [2.45, 2.75) is 46.3 Å². The van der Waals surface area contributed by atoms with Gasteiger partial charge in [0, 0.05) is 24.5 Å². The summed E-state index contributed by atoms with van der Waals surface area (Å²) in [6.07, 6.45) is -0.505. The van der Waals surface area contributed by atoms with E-state index >= 15 is 0 Å². The zero-order valence-electron chi connectivity index (χ0n) is 14.7. The van der Waals surface area contributed by atoms with Gasteiger partial charge < -0.3 is 19.6 Å². The average molecular weight is 336 g/mol. The summed E-state index contributed by atoms with van der Waals surface area (Å²) < 4.78 is 5.33. The van der Waals surface area contributed by atoms with Gasteiger partial charge in [0.1, 0.15) is 11.6 Å². The Bertz CT molecular complexity index is 621. The fourth-order valence-corrected chi connectivity index (χ4v) is 2.56. The van der Waals surface area contributed by atoms with Gasteiger partial charge in [-0.25, -0.2) is 19.6 Å². The number of aliphatic carboxylic acids is 1. The van der Waals surface area contributed by atoms with E-state index in [1.165, 1.54) is 4.90 Å². The van der Waals surface area contributed by atoms with E-state index in [0.29, 0.717) is 19.0 Å². The van der Waals surface area contributed by atoms with E-state index < -0.39 is 23.7 Å². The van der Waals surface area contributed by atoms with Crippen molar-refractivity contribution in [3.05, 3.63) is 17.5 Å². The molecule has 0 saturated carbocycles. The maximum absolute atomic E-state index is 12.2. The standard InChI is InChI=1S/C16H24N4O4/c1-10-8-11(2)18-14(17-10)20-7-6-19(9-12(20)13(21)22)15(23)24-16(3,4)5/h8,12H,6-7,9H2,1-5H3,(H,21,22). The van der Waals surface area contributed by atoms with Gasteiger partial charge in [-0.3, -0.25) is 0 Å². The van der Waals surface area contributed by atoms with E-state index in [0.717, 1.165) is 11.4 Å². The van der Waals surface area contributed by atoms with Crippen molar-refractivity contribution >= 4 is 18.0 Å². The van der Waals surface area contributed by atoms with E-state index in [4.69, 9.17) is 4.74 Å². The third kappa shape index (κ3) is 4.33. The third-order valence-corrected chi connectivity index (χ3v) is 3.54. The van der Waals surface area contributed by atoms with Crippen LogP contribution in [0.2, 0.25) is 0 Å². The molecule has 0 radical (unpaired) electrons. The normalized spacial score (nSPS) is 18.5. The summed E-state index contributed by atoms with van der Waals surface area (Å²) in [6.45, 7) is 9.72. The van der Waals surface area contributed by atoms with E-state index in [1.807, 2.05) is 19.9 Å². The number of aromatic nitrogens is 2. The average Bonchev–Trinajstić information content (AvgIpc) is 2.43. The fourth-order valence-electron chi connectivity index (χ4n) is 2.56. The Balaban J connectivity index is 2.20. The minimum atomic E-state index is -1.02. The van der Waals surface area contributed by atoms with Crippen LogP contribution >= 0.6 is 0 Å². The second-order valence-electron chi connectivity index (χ2n) is 6.92. The largest absolute Gasteiger partial charge is 0.480 e. The molecule has 0 aromatic carbocycles. The highest BCUT2D eigenvalue weighted by Crippen LogP contribution is 2.20. The Morgan fingerprint density at radius 3 is 2.29 bits per heavy atom. The van der Waals surface area contributed by atoms with Crippen LogP contribution in [-0.2, 0) is 9.53 Å². The summed E-state index contributed by atoms with van der Waals surface area (Å²) in [4.78, 5) is 35.6. The first-order valence-corrected chi connectivity index (χ1v) is 7.86. The number of carbonyl (C=O) groups excluding carboxylic acids is 1. The zero-order chi connectivity index (χ0) is 18.1. The SMILES string of the molecule is Cc1cc(C)nc(N2CCN(C(=O)OC(C)(C)C)CC2C(=O)O)n1. The highest BCUT2D eigenvalue weighted by atomic mass is 16.6. The Hall–Kier alpha value is -2.38. The molecule has 0 aliphatic carbocycles. The number of anilines is 1. The number of piperazine rings is 1. The van der Waals surface area contributed by atoms with Gasteiger partial charge in [0.05, 0.1) is 6.54 Å². The molecule has 1 amide bonds. The number of carboxylic acid groups (broad SMARTS) is 1. The Kier molecular flexibility index (Phi) is 4.96. The molecule has 8 nitrogen and oxygen atoms in total. The van der Waals surface area contributed by atoms with Gasteiger partial charge in [0.25, 0.3) is 0 Å². The van der Waals surface area contributed by atoms with Gasteiger partial charge >= 0.3 is 12.1 Å². The molecule has 1 saturated heterocycles. The van der Waals surface area contributed by atoms with Crippen molar-refractivity contribution in [3.63, 3.8) is 0 Å². The van der Waals surface area contributed by atoms with Gasteiger partial charge in [0.2, 0.25) is 5.95 Å². The first-order chi connectivity index (χ1) is 11.1. The smallest absolute Gasteiger partial charge is 0.410 e. The molecule has 24 heavy (non-hydrogen) atoms. The van der Waals surface area contributed by atoms with Crippen LogP contribution in [0.25, 0.3) is 0 Å². The van der Waals surface area contributed by atoms with E-state index in [1.54, 1.807) is 25.7 Å². The molecule has 1 aromatic rings. The second-order valence-corrected chi connectivity index (χ2v) is 6.92. The minimum absolute atomic E-state index is 0.0284. The molecule has 2 rings (SSSR count). The lowest BCUT2D eigenvalue weighted by molar-refractivity contribution is -0.139. The van der Waals surface area contributed by atoms with Crippen LogP contribution < -0.4 is 4.90 Å². The molecule has 1 aliphatic rings. The molecular weight excluding hydrogens is 312 g/mol. The minimum Gasteiger partial charge on any atom is -0.480 e. The van der Waals surface area contributed by atoms with Crippen molar-refractivity contribution in [2.75, 3.05) is 24.5 Å². The number of ether oxygens (including phenoxy) is 1. The summed E-state index contributed by atoms with van der Waals surface area (Å²) >= 11 is 0. The molecule has 2 heterocycles. The molecule has 1 aliphatic heterocycles. The Morgan fingerprint density at radius 1 is 1.21 bits per heavy atom. The van der Waals surface area contributed by atoms with Crippen LogP contribution in [0.5, 0.6) is 0 Å². The number of nitrogens with zero attached hydrogens (tertiary/aromatic N) is 4.